The third kappa shape index (κ3) is 5.26. The van der Waals surface area contributed by atoms with Crippen molar-refractivity contribution in [2.45, 2.75) is 20.3 Å². The summed E-state index contributed by atoms with van der Waals surface area (Å²) in [6, 6.07) is 0. The largest absolute Gasteiger partial charge is 0.557 e. The quantitative estimate of drug-likeness (QED) is 0.400. The zero-order chi connectivity index (χ0) is 9.78. The summed E-state index contributed by atoms with van der Waals surface area (Å²) in [5.74, 6) is -0.874. The number of rotatable bonds is 4. The molecule has 0 rings (SSSR count). The molecule has 0 aromatic heterocycles. The molecule has 0 amide bonds. The van der Waals surface area contributed by atoms with Gasteiger partial charge in [0.15, 0.2) is 0 Å². The van der Waals surface area contributed by atoms with Crippen molar-refractivity contribution in [2.24, 2.45) is 5.92 Å². The highest BCUT2D eigenvalue weighted by Crippen LogP contribution is 2.42. The Kier molecular flexibility index (Phi) is 4.41. The Balaban J connectivity index is 3.93. The van der Waals surface area contributed by atoms with E-state index in [1.54, 1.807) is 13.8 Å². The van der Waals surface area contributed by atoms with E-state index in [-0.39, 0.29) is 12.3 Å². The van der Waals surface area contributed by atoms with Gasteiger partial charge in [0.05, 0.1) is 0 Å². The van der Waals surface area contributed by atoms with Crippen LogP contribution in [0.2, 0.25) is 0 Å². The molecule has 0 saturated heterocycles. The summed E-state index contributed by atoms with van der Waals surface area (Å²) in [6.45, 7) is 3.48. The summed E-state index contributed by atoms with van der Waals surface area (Å²) in [4.78, 5) is 19.1. The Morgan fingerprint density at radius 1 is 1.58 bits per heavy atom. The molecule has 1 atom stereocenters. The maximum Gasteiger partial charge on any atom is 0.557 e. The van der Waals surface area contributed by atoms with Crippen LogP contribution in [0.4, 0.5) is 0 Å². The molecule has 0 fully saturated rings. The highest BCUT2D eigenvalue weighted by atomic mass is 31.2. The summed E-state index contributed by atoms with van der Waals surface area (Å²) in [5.41, 5.74) is 0. The third-order valence-electron chi connectivity index (χ3n) is 0.895. The van der Waals surface area contributed by atoms with Crippen molar-refractivity contribution < 1.29 is 28.7 Å². The van der Waals surface area contributed by atoms with E-state index < -0.39 is 13.8 Å². The Morgan fingerprint density at radius 3 is 2.42 bits per heavy atom. The van der Waals surface area contributed by atoms with Crippen LogP contribution in [-0.2, 0) is 18.6 Å². The van der Waals surface area contributed by atoms with E-state index in [2.05, 4.69) is 9.20 Å². The van der Waals surface area contributed by atoms with Gasteiger partial charge in [-0.1, -0.05) is 13.8 Å². The monoisotopic (exact) mass is 198 g/mol. The molecule has 1 unspecified atom stereocenters. The maximum absolute atomic E-state index is 10.7. The van der Waals surface area contributed by atoms with Crippen LogP contribution in [0.25, 0.3) is 0 Å². The van der Waals surface area contributed by atoms with Gasteiger partial charge in [-0.05, 0) is 5.92 Å². The zero-order valence-electron chi connectivity index (χ0n) is 6.76. The number of phosphoric acid groups is 1. The van der Waals surface area contributed by atoms with Crippen molar-refractivity contribution >= 4 is 13.8 Å². The molecular formula is C5H11O6P. The molecule has 0 spiro atoms. The SMILES string of the molecule is CC(C)CC(=O)OP(=O)(O)OO. The smallest absolute Gasteiger partial charge is 0.369 e. The number of carbonyl (C=O) groups is 1. The van der Waals surface area contributed by atoms with E-state index >= 15 is 0 Å². The number of carbonyl (C=O) groups excluding carboxylic acids is 1. The van der Waals surface area contributed by atoms with E-state index in [1.165, 1.54) is 0 Å². The summed E-state index contributed by atoms with van der Waals surface area (Å²) in [5, 5.41) is 7.79. The van der Waals surface area contributed by atoms with Gasteiger partial charge in [0.2, 0.25) is 0 Å². The maximum atomic E-state index is 10.7. The Labute approximate surface area is 69.7 Å². The van der Waals surface area contributed by atoms with E-state index in [0.29, 0.717) is 0 Å². The van der Waals surface area contributed by atoms with Crippen molar-refractivity contribution in [3.63, 3.8) is 0 Å². The molecule has 6 nitrogen and oxygen atoms in total. The first kappa shape index (κ1) is 11.6. The second kappa shape index (κ2) is 4.57. The average molecular weight is 198 g/mol. The second-order valence-electron chi connectivity index (χ2n) is 2.61. The third-order valence-corrected chi connectivity index (χ3v) is 1.54. The van der Waals surface area contributed by atoms with Gasteiger partial charge >= 0.3 is 13.8 Å². The lowest BCUT2D eigenvalue weighted by molar-refractivity contribution is -0.169. The molecule has 0 bridgehead atoms. The van der Waals surface area contributed by atoms with Crippen molar-refractivity contribution in [1.82, 2.24) is 0 Å². The van der Waals surface area contributed by atoms with Gasteiger partial charge in [-0.15, -0.1) is 4.67 Å². The van der Waals surface area contributed by atoms with Crippen LogP contribution in [0.15, 0.2) is 0 Å². The van der Waals surface area contributed by atoms with Gasteiger partial charge < -0.3 is 4.52 Å². The van der Waals surface area contributed by atoms with Crippen LogP contribution in [0.1, 0.15) is 20.3 Å². The molecule has 0 aliphatic carbocycles. The fourth-order valence-corrected chi connectivity index (χ4v) is 0.881. The van der Waals surface area contributed by atoms with Crippen molar-refractivity contribution in [2.75, 3.05) is 0 Å². The lowest BCUT2D eigenvalue weighted by atomic mass is 10.1. The minimum absolute atomic E-state index is 0.00604. The molecule has 0 aromatic carbocycles. The zero-order valence-corrected chi connectivity index (χ0v) is 7.65. The molecule has 7 heteroatoms. The van der Waals surface area contributed by atoms with E-state index in [4.69, 9.17) is 10.2 Å². The van der Waals surface area contributed by atoms with E-state index in [9.17, 15) is 9.36 Å². The lowest BCUT2D eigenvalue weighted by Crippen LogP contribution is -2.06. The Hall–Kier alpha value is -0.420. The van der Waals surface area contributed by atoms with Crippen LogP contribution >= 0.6 is 7.82 Å². The molecule has 0 saturated carbocycles. The molecule has 0 heterocycles. The fraction of sp³-hybridized carbons (Fsp3) is 0.800. The standard InChI is InChI=1S/C5H11O6P/c1-4(2)3-5(6)10-12(8,9)11-7/h4,7H,3H2,1-2H3,(H,8,9). The molecule has 12 heavy (non-hydrogen) atoms. The topological polar surface area (TPSA) is 93.1 Å². The van der Waals surface area contributed by atoms with Crippen LogP contribution in [0, 0.1) is 5.92 Å². The molecule has 0 aliphatic heterocycles. The Morgan fingerprint density at radius 2 is 2.08 bits per heavy atom. The number of hydrogen-bond donors (Lipinski definition) is 2. The van der Waals surface area contributed by atoms with Gasteiger partial charge in [-0.3, -0.25) is 9.69 Å². The summed E-state index contributed by atoms with van der Waals surface area (Å²) >= 11 is 0. The average Bonchev–Trinajstić information content (AvgIpc) is 1.84. The molecule has 0 aliphatic rings. The normalized spacial score (nSPS) is 15.8. The lowest BCUT2D eigenvalue weighted by Gasteiger charge is -2.07. The fourth-order valence-electron chi connectivity index (χ4n) is 0.516. The first-order valence-corrected chi connectivity index (χ1v) is 4.75. The van der Waals surface area contributed by atoms with Crippen LogP contribution in [0.5, 0.6) is 0 Å². The Bertz CT molecular complexity index is 200. The van der Waals surface area contributed by atoms with Crippen molar-refractivity contribution in [3.8, 4) is 0 Å². The van der Waals surface area contributed by atoms with Gasteiger partial charge in [-0.25, -0.2) is 9.82 Å². The minimum atomic E-state index is -4.58. The van der Waals surface area contributed by atoms with Crippen LogP contribution in [0.3, 0.4) is 0 Å². The number of hydrogen-bond acceptors (Lipinski definition) is 5. The first-order chi connectivity index (χ1) is 5.37. The summed E-state index contributed by atoms with van der Waals surface area (Å²) in [6.07, 6.45) is -0.00604. The summed E-state index contributed by atoms with van der Waals surface area (Å²) < 4.78 is 17.4. The predicted octanol–water partition coefficient (Wildman–Crippen LogP) is 1.17. The molecular weight excluding hydrogens is 187 g/mol. The summed E-state index contributed by atoms with van der Waals surface area (Å²) in [7, 11) is -4.58. The molecule has 0 radical (unpaired) electrons. The molecule has 72 valence electrons. The first-order valence-electron chi connectivity index (χ1n) is 3.26. The van der Waals surface area contributed by atoms with Gasteiger partial charge in [0.1, 0.15) is 0 Å². The highest BCUT2D eigenvalue weighted by Gasteiger charge is 2.26. The highest BCUT2D eigenvalue weighted by molar-refractivity contribution is 7.47. The van der Waals surface area contributed by atoms with Crippen LogP contribution in [-0.4, -0.2) is 16.1 Å². The molecule has 2 N–H and O–H groups in total. The van der Waals surface area contributed by atoms with E-state index in [0.717, 1.165) is 0 Å². The number of phosphoric ester groups is 1. The van der Waals surface area contributed by atoms with E-state index in [1.807, 2.05) is 0 Å². The minimum Gasteiger partial charge on any atom is -0.369 e. The van der Waals surface area contributed by atoms with Gasteiger partial charge in [-0.2, -0.15) is 0 Å². The van der Waals surface area contributed by atoms with Gasteiger partial charge in [0, 0.05) is 6.42 Å². The van der Waals surface area contributed by atoms with Crippen molar-refractivity contribution in [1.29, 1.82) is 0 Å². The predicted molar refractivity (Wildman–Crippen MR) is 39.1 cm³/mol. The van der Waals surface area contributed by atoms with Crippen LogP contribution < -0.4 is 0 Å². The molecule has 0 aromatic rings. The second-order valence-corrected chi connectivity index (χ2v) is 3.89. The van der Waals surface area contributed by atoms with Gasteiger partial charge in [0.25, 0.3) is 0 Å². The van der Waals surface area contributed by atoms with Crippen molar-refractivity contribution in [3.05, 3.63) is 0 Å².